The number of carbonyl (C=O) groups is 1. The maximum absolute atomic E-state index is 11.6. The summed E-state index contributed by atoms with van der Waals surface area (Å²) in [6, 6.07) is 7.72. The Morgan fingerprint density at radius 3 is 2.78 bits per heavy atom. The highest BCUT2D eigenvalue weighted by molar-refractivity contribution is 9.10. The molecule has 18 heavy (non-hydrogen) atoms. The van der Waals surface area contributed by atoms with Crippen molar-refractivity contribution in [2.24, 2.45) is 0 Å². The van der Waals surface area contributed by atoms with Gasteiger partial charge < -0.3 is 9.72 Å². The van der Waals surface area contributed by atoms with Crippen molar-refractivity contribution < 1.29 is 9.53 Å². The van der Waals surface area contributed by atoms with Gasteiger partial charge in [-0.2, -0.15) is 0 Å². The van der Waals surface area contributed by atoms with Crippen molar-refractivity contribution >= 4 is 21.9 Å². The number of hydrogen-bond donors (Lipinski definition) is 1. The largest absolute Gasteiger partial charge is 0.464 e. The molecule has 0 amide bonds. The van der Waals surface area contributed by atoms with Crippen LogP contribution in [-0.4, -0.2) is 23.0 Å². The number of nitrogens with one attached hydrogen (secondary N) is 1. The Bertz CT molecular complexity index is 578. The Morgan fingerprint density at radius 2 is 2.17 bits per heavy atom. The lowest BCUT2D eigenvalue weighted by Gasteiger charge is -1.99. The molecule has 1 aromatic heterocycles. The van der Waals surface area contributed by atoms with Gasteiger partial charge in [-0.25, -0.2) is 9.78 Å². The van der Waals surface area contributed by atoms with Crippen molar-refractivity contribution in [3.63, 3.8) is 0 Å². The predicted molar refractivity (Wildman–Crippen MR) is 72.4 cm³/mol. The average Bonchev–Trinajstić information content (AvgIpc) is 2.82. The maximum atomic E-state index is 11.6. The summed E-state index contributed by atoms with van der Waals surface area (Å²) in [5.74, 6) is 0.251. The number of ether oxygens (including phenoxy) is 1. The molecular weight excluding hydrogens is 296 g/mol. The lowest BCUT2D eigenvalue weighted by molar-refractivity contribution is 0.0593. The van der Waals surface area contributed by atoms with Gasteiger partial charge in [0.2, 0.25) is 0 Å². The van der Waals surface area contributed by atoms with Crippen LogP contribution in [0, 0.1) is 0 Å². The van der Waals surface area contributed by atoms with E-state index >= 15 is 0 Å². The molecule has 2 rings (SSSR count). The number of esters is 1. The number of aromatic nitrogens is 2. The fraction of sp³-hybridized carbons (Fsp3) is 0.231. The van der Waals surface area contributed by atoms with E-state index in [0.717, 1.165) is 15.7 Å². The molecule has 0 saturated heterocycles. The van der Waals surface area contributed by atoms with E-state index in [1.807, 2.05) is 31.2 Å². The Labute approximate surface area is 114 Å². The van der Waals surface area contributed by atoms with E-state index in [1.54, 1.807) is 0 Å². The van der Waals surface area contributed by atoms with Gasteiger partial charge in [0.25, 0.3) is 0 Å². The van der Waals surface area contributed by atoms with Gasteiger partial charge in [0, 0.05) is 15.7 Å². The third-order valence-electron chi connectivity index (χ3n) is 2.64. The summed E-state index contributed by atoms with van der Waals surface area (Å²) < 4.78 is 5.65. The highest BCUT2D eigenvalue weighted by atomic mass is 79.9. The standard InChI is InChI=1S/C13H13BrN2O2/c1-3-10-11(13(17)18-2)16-12(15-10)8-6-4-5-7-9(8)14/h4-7H,3H2,1-2H3,(H,15,16). The number of hydrogen-bond acceptors (Lipinski definition) is 3. The smallest absolute Gasteiger partial charge is 0.358 e. The second kappa shape index (κ2) is 5.35. The third kappa shape index (κ3) is 2.31. The average molecular weight is 309 g/mol. The summed E-state index contributed by atoms with van der Waals surface area (Å²) in [6.45, 7) is 1.96. The number of H-pyrrole nitrogens is 1. The van der Waals surface area contributed by atoms with Gasteiger partial charge in [-0.3, -0.25) is 0 Å². The van der Waals surface area contributed by atoms with E-state index < -0.39 is 5.97 Å². The lowest BCUT2D eigenvalue weighted by atomic mass is 10.2. The van der Waals surface area contributed by atoms with E-state index in [4.69, 9.17) is 4.74 Å². The molecule has 0 aliphatic heterocycles. The van der Waals surface area contributed by atoms with Crippen molar-refractivity contribution in [2.45, 2.75) is 13.3 Å². The molecule has 4 nitrogen and oxygen atoms in total. The van der Waals surface area contributed by atoms with Gasteiger partial charge >= 0.3 is 5.97 Å². The molecule has 1 N–H and O–H groups in total. The highest BCUT2D eigenvalue weighted by Crippen LogP contribution is 2.26. The number of nitrogens with zero attached hydrogens (tertiary/aromatic N) is 1. The van der Waals surface area contributed by atoms with Gasteiger partial charge in [0.05, 0.1) is 7.11 Å². The molecule has 5 heteroatoms. The van der Waals surface area contributed by atoms with E-state index in [9.17, 15) is 4.79 Å². The van der Waals surface area contributed by atoms with E-state index in [2.05, 4.69) is 25.9 Å². The summed E-state index contributed by atoms with van der Waals surface area (Å²) in [7, 11) is 1.36. The fourth-order valence-corrected chi connectivity index (χ4v) is 2.18. The van der Waals surface area contributed by atoms with Crippen LogP contribution >= 0.6 is 15.9 Å². The quantitative estimate of drug-likeness (QED) is 0.886. The Kier molecular flexibility index (Phi) is 3.81. The summed E-state index contributed by atoms with van der Waals surface area (Å²) in [5.41, 5.74) is 2.06. The second-order valence-electron chi connectivity index (χ2n) is 3.74. The molecule has 94 valence electrons. The second-order valence-corrected chi connectivity index (χ2v) is 4.59. The van der Waals surface area contributed by atoms with Gasteiger partial charge in [-0.1, -0.05) is 41.1 Å². The molecule has 0 unspecified atom stereocenters. The number of benzene rings is 1. The molecular formula is C13H13BrN2O2. The first-order valence-electron chi connectivity index (χ1n) is 5.59. The summed E-state index contributed by atoms with van der Waals surface area (Å²) in [4.78, 5) is 19.1. The SMILES string of the molecule is CCc1[nH]c(-c2ccccc2Br)nc1C(=O)OC. The number of imidazole rings is 1. The lowest BCUT2D eigenvalue weighted by Crippen LogP contribution is -2.04. The number of methoxy groups -OCH3 is 1. The van der Waals surface area contributed by atoms with Crippen LogP contribution < -0.4 is 0 Å². The summed E-state index contributed by atoms with van der Waals surface area (Å²) >= 11 is 3.47. The van der Waals surface area contributed by atoms with Crippen molar-refractivity contribution in [3.05, 3.63) is 40.1 Å². The minimum atomic E-state index is -0.415. The van der Waals surface area contributed by atoms with Crippen LogP contribution in [0.5, 0.6) is 0 Å². The molecule has 2 aromatic rings. The molecule has 0 aliphatic carbocycles. The van der Waals surface area contributed by atoms with Gasteiger partial charge in [0.1, 0.15) is 5.82 Å². The van der Waals surface area contributed by atoms with Crippen molar-refractivity contribution in [1.29, 1.82) is 0 Å². The van der Waals surface area contributed by atoms with Crippen LogP contribution in [0.3, 0.4) is 0 Å². The first kappa shape index (κ1) is 12.8. The number of halogens is 1. The minimum Gasteiger partial charge on any atom is -0.464 e. The molecule has 0 fully saturated rings. The Morgan fingerprint density at radius 1 is 1.44 bits per heavy atom. The first-order chi connectivity index (χ1) is 8.67. The number of aromatic amines is 1. The van der Waals surface area contributed by atoms with E-state index in [0.29, 0.717) is 17.9 Å². The molecule has 0 bridgehead atoms. The first-order valence-corrected chi connectivity index (χ1v) is 6.38. The van der Waals surface area contributed by atoms with Gasteiger partial charge in [-0.05, 0) is 12.5 Å². The molecule has 0 spiro atoms. The molecule has 1 heterocycles. The zero-order valence-electron chi connectivity index (χ0n) is 10.2. The maximum Gasteiger partial charge on any atom is 0.358 e. The molecule has 0 atom stereocenters. The molecule has 0 saturated carbocycles. The summed E-state index contributed by atoms with van der Waals surface area (Å²) in [6.07, 6.45) is 0.696. The molecule has 0 radical (unpaired) electrons. The topological polar surface area (TPSA) is 55.0 Å². The van der Waals surface area contributed by atoms with Crippen LogP contribution in [0.1, 0.15) is 23.1 Å². The molecule has 0 aliphatic rings. The normalized spacial score (nSPS) is 10.4. The molecule has 1 aromatic carbocycles. The zero-order chi connectivity index (χ0) is 13.1. The van der Waals surface area contributed by atoms with Crippen LogP contribution in [-0.2, 0) is 11.2 Å². The zero-order valence-corrected chi connectivity index (χ0v) is 11.7. The van der Waals surface area contributed by atoms with E-state index in [-0.39, 0.29) is 0 Å². The highest BCUT2D eigenvalue weighted by Gasteiger charge is 2.18. The number of aryl methyl sites for hydroxylation is 1. The Balaban J connectivity index is 2.51. The van der Waals surface area contributed by atoms with E-state index in [1.165, 1.54) is 7.11 Å². The van der Waals surface area contributed by atoms with Crippen molar-refractivity contribution in [1.82, 2.24) is 9.97 Å². The number of carbonyl (C=O) groups excluding carboxylic acids is 1. The summed E-state index contributed by atoms with van der Waals surface area (Å²) in [5, 5.41) is 0. The van der Waals surface area contributed by atoms with Gasteiger partial charge in [0.15, 0.2) is 5.69 Å². The van der Waals surface area contributed by atoms with Crippen molar-refractivity contribution in [3.8, 4) is 11.4 Å². The van der Waals surface area contributed by atoms with Crippen LogP contribution in [0.2, 0.25) is 0 Å². The van der Waals surface area contributed by atoms with Crippen LogP contribution in [0.25, 0.3) is 11.4 Å². The predicted octanol–water partition coefficient (Wildman–Crippen LogP) is 3.19. The number of rotatable bonds is 3. The van der Waals surface area contributed by atoms with Crippen LogP contribution in [0.4, 0.5) is 0 Å². The van der Waals surface area contributed by atoms with Crippen LogP contribution in [0.15, 0.2) is 28.7 Å². The van der Waals surface area contributed by atoms with Gasteiger partial charge in [-0.15, -0.1) is 0 Å². The minimum absolute atomic E-state index is 0.353. The Hall–Kier alpha value is -1.62. The fourth-order valence-electron chi connectivity index (χ4n) is 1.71. The van der Waals surface area contributed by atoms with Crippen molar-refractivity contribution in [2.75, 3.05) is 7.11 Å². The third-order valence-corrected chi connectivity index (χ3v) is 3.33. The monoisotopic (exact) mass is 308 g/mol.